The van der Waals surface area contributed by atoms with E-state index in [0.29, 0.717) is 5.56 Å². The van der Waals surface area contributed by atoms with Gasteiger partial charge in [-0.15, -0.1) is 0 Å². The zero-order valence-electron chi connectivity index (χ0n) is 16.5. The molecule has 0 aliphatic heterocycles. The number of amides is 1. The number of hydrogen-bond donors (Lipinski definition) is 3. The van der Waals surface area contributed by atoms with Gasteiger partial charge in [-0.05, 0) is 28.3 Å². The smallest absolute Gasteiger partial charge is 0.408 e. The molecule has 1 amide bonds. The number of hydrogen-bond acceptors (Lipinski definition) is 3. The molecule has 1 heterocycles. The predicted octanol–water partition coefficient (Wildman–Crippen LogP) is 4.83. The van der Waals surface area contributed by atoms with Gasteiger partial charge >= 0.3 is 12.1 Å². The maximum Gasteiger partial charge on any atom is 0.408 e. The summed E-state index contributed by atoms with van der Waals surface area (Å²) in [6, 6.07) is 22.2. The number of nitrogens with one attached hydrogen (secondary N) is 2. The fourth-order valence-corrected chi connectivity index (χ4v) is 4.36. The van der Waals surface area contributed by atoms with Gasteiger partial charge in [-0.2, -0.15) is 0 Å². The molecule has 3 aromatic carbocycles. The van der Waals surface area contributed by atoms with E-state index in [2.05, 4.69) is 22.4 Å². The van der Waals surface area contributed by atoms with Crippen LogP contribution in [0.25, 0.3) is 22.0 Å². The minimum atomic E-state index is -1.22. The molecule has 1 unspecified atom stereocenters. The van der Waals surface area contributed by atoms with Crippen LogP contribution in [0.4, 0.5) is 4.79 Å². The Hall–Kier alpha value is -4.06. The highest BCUT2D eigenvalue weighted by atomic mass is 16.5. The first-order valence-electron chi connectivity index (χ1n) is 10.0. The van der Waals surface area contributed by atoms with E-state index in [1.54, 1.807) is 6.20 Å². The number of rotatable bonds is 5. The van der Waals surface area contributed by atoms with Crippen molar-refractivity contribution in [3.05, 3.63) is 95.7 Å². The highest BCUT2D eigenvalue weighted by molar-refractivity contribution is 5.91. The van der Waals surface area contributed by atoms with Gasteiger partial charge in [0.1, 0.15) is 6.61 Å². The van der Waals surface area contributed by atoms with E-state index < -0.39 is 18.1 Å². The largest absolute Gasteiger partial charge is 0.479 e. The van der Waals surface area contributed by atoms with Crippen LogP contribution < -0.4 is 5.32 Å². The summed E-state index contributed by atoms with van der Waals surface area (Å²) >= 11 is 0. The van der Waals surface area contributed by atoms with E-state index in [9.17, 15) is 14.7 Å². The molecule has 1 aliphatic carbocycles. The van der Waals surface area contributed by atoms with Gasteiger partial charge in [0.25, 0.3) is 0 Å². The maximum atomic E-state index is 12.6. The highest BCUT2D eigenvalue weighted by Crippen LogP contribution is 2.44. The molecule has 31 heavy (non-hydrogen) atoms. The third kappa shape index (κ3) is 3.32. The summed E-state index contributed by atoms with van der Waals surface area (Å²) in [5.41, 5.74) is 5.75. The number of carbonyl (C=O) groups excluding carboxylic acids is 1. The van der Waals surface area contributed by atoms with Crippen molar-refractivity contribution >= 4 is 23.0 Å². The molecule has 0 saturated carbocycles. The molecular weight excluding hydrogens is 392 g/mol. The van der Waals surface area contributed by atoms with Crippen LogP contribution in [0, 0.1) is 0 Å². The fourth-order valence-electron chi connectivity index (χ4n) is 4.36. The van der Waals surface area contributed by atoms with Gasteiger partial charge < -0.3 is 20.1 Å². The van der Waals surface area contributed by atoms with Crippen molar-refractivity contribution in [2.24, 2.45) is 0 Å². The average molecular weight is 412 g/mol. The number of H-pyrrole nitrogens is 1. The molecule has 6 heteroatoms. The summed E-state index contributed by atoms with van der Waals surface area (Å²) in [4.78, 5) is 27.5. The molecule has 4 aromatic rings. The molecule has 1 aliphatic rings. The zero-order valence-corrected chi connectivity index (χ0v) is 16.5. The summed E-state index contributed by atoms with van der Waals surface area (Å²) in [5.74, 6) is -1.24. The molecule has 6 nitrogen and oxygen atoms in total. The number of alkyl carbamates (subject to hydrolysis) is 1. The first-order chi connectivity index (χ1) is 15.1. The van der Waals surface area contributed by atoms with Gasteiger partial charge in [-0.25, -0.2) is 9.59 Å². The van der Waals surface area contributed by atoms with Gasteiger partial charge in [-0.1, -0.05) is 66.7 Å². The van der Waals surface area contributed by atoms with Crippen molar-refractivity contribution in [1.82, 2.24) is 10.3 Å². The second kappa shape index (κ2) is 7.65. The number of benzene rings is 3. The van der Waals surface area contributed by atoms with E-state index in [-0.39, 0.29) is 12.5 Å². The quantitative estimate of drug-likeness (QED) is 0.438. The number of aromatic amines is 1. The maximum absolute atomic E-state index is 12.6. The molecule has 5 rings (SSSR count). The Morgan fingerprint density at radius 2 is 1.55 bits per heavy atom. The lowest BCUT2D eigenvalue weighted by atomic mass is 9.98. The van der Waals surface area contributed by atoms with Crippen molar-refractivity contribution in [2.75, 3.05) is 6.61 Å². The van der Waals surface area contributed by atoms with Crippen LogP contribution in [0.15, 0.2) is 79.0 Å². The molecular formula is C25H20N2O4. The molecule has 0 radical (unpaired) electrons. The fraction of sp³-hybridized carbons (Fsp3) is 0.120. The summed E-state index contributed by atoms with van der Waals surface area (Å²) in [6.07, 6.45) is 0.840. The van der Waals surface area contributed by atoms with Crippen molar-refractivity contribution in [3.8, 4) is 11.1 Å². The Labute approximate surface area is 178 Å². The minimum Gasteiger partial charge on any atom is -0.479 e. The van der Waals surface area contributed by atoms with Gasteiger partial charge in [0.15, 0.2) is 6.04 Å². The summed E-state index contributed by atoms with van der Waals surface area (Å²) in [5, 5.41) is 13.0. The summed E-state index contributed by atoms with van der Waals surface area (Å²) in [7, 11) is 0. The van der Waals surface area contributed by atoms with E-state index in [1.165, 1.54) is 0 Å². The molecule has 1 atom stereocenters. The molecule has 0 fully saturated rings. The Morgan fingerprint density at radius 3 is 2.23 bits per heavy atom. The van der Waals surface area contributed by atoms with Gasteiger partial charge in [0.05, 0.1) is 0 Å². The lowest BCUT2D eigenvalue weighted by Gasteiger charge is -2.17. The number of aromatic nitrogens is 1. The Kier molecular flexibility index (Phi) is 4.67. The zero-order chi connectivity index (χ0) is 21.4. The second-order valence-electron chi connectivity index (χ2n) is 7.53. The van der Waals surface area contributed by atoms with Crippen LogP contribution in [-0.2, 0) is 9.53 Å². The molecule has 0 bridgehead atoms. The lowest BCUT2D eigenvalue weighted by Crippen LogP contribution is -2.34. The number of para-hydroxylation sites is 1. The summed E-state index contributed by atoms with van der Waals surface area (Å²) in [6.45, 7) is 0.125. The van der Waals surface area contributed by atoms with Crippen LogP contribution in [0.1, 0.15) is 28.7 Å². The number of ether oxygens (including phenoxy) is 1. The lowest BCUT2D eigenvalue weighted by molar-refractivity contribution is -0.139. The number of carboxylic acids is 1. The predicted molar refractivity (Wildman–Crippen MR) is 117 cm³/mol. The highest BCUT2D eigenvalue weighted by Gasteiger charge is 2.30. The molecule has 154 valence electrons. The van der Waals surface area contributed by atoms with Crippen molar-refractivity contribution < 1.29 is 19.4 Å². The second-order valence-corrected chi connectivity index (χ2v) is 7.53. The van der Waals surface area contributed by atoms with Crippen LogP contribution >= 0.6 is 0 Å². The van der Waals surface area contributed by atoms with Crippen LogP contribution in [-0.4, -0.2) is 28.8 Å². The number of carboxylic acid groups (broad SMARTS) is 1. The standard InChI is InChI=1S/C25H20N2O4/c28-24(29)23(20-13-26-22-12-6-5-11-19(20)22)27-25(30)31-14-21-17-9-3-1-7-15(17)16-8-2-4-10-18(16)21/h1-13,21,23,26H,14H2,(H,27,30)(H,28,29). The molecule has 3 N–H and O–H groups in total. The van der Waals surface area contributed by atoms with Crippen LogP contribution in [0.5, 0.6) is 0 Å². The third-order valence-corrected chi connectivity index (χ3v) is 5.79. The molecule has 0 spiro atoms. The number of fused-ring (bicyclic) bond motifs is 4. The van der Waals surface area contributed by atoms with E-state index >= 15 is 0 Å². The molecule has 1 aromatic heterocycles. The normalized spacial score (nSPS) is 13.4. The van der Waals surface area contributed by atoms with Crippen molar-refractivity contribution in [2.45, 2.75) is 12.0 Å². The monoisotopic (exact) mass is 412 g/mol. The Balaban J connectivity index is 1.34. The first kappa shape index (κ1) is 18.9. The van der Waals surface area contributed by atoms with Gasteiger partial charge in [-0.3, -0.25) is 0 Å². The van der Waals surface area contributed by atoms with Crippen molar-refractivity contribution in [1.29, 1.82) is 0 Å². The topological polar surface area (TPSA) is 91.4 Å². The summed E-state index contributed by atoms with van der Waals surface area (Å²) < 4.78 is 5.51. The van der Waals surface area contributed by atoms with E-state index in [4.69, 9.17) is 4.74 Å². The third-order valence-electron chi connectivity index (χ3n) is 5.79. The Morgan fingerprint density at radius 1 is 0.935 bits per heavy atom. The van der Waals surface area contributed by atoms with Gasteiger partial charge in [0, 0.05) is 28.6 Å². The van der Waals surface area contributed by atoms with Crippen LogP contribution in [0.2, 0.25) is 0 Å². The minimum absolute atomic E-state index is 0.0884. The Bertz CT molecular complexity index is 1250. The van der Waals surface area contributed by atoms with Crippen molar-refractivity contribution in [3.63, 3.8) is 0 Å². The number of carbonyl (C=O) groups is 2. The van der Waals surface area contributed by atoms with E-state index in [0.717, 1.165) is 33.2 Å². The first-order valence-corrected chi connectivity index (χ1v) is 10.0. The van der Waals surface area contributed by atoms with E-state index in [1.807, 2.05) is 60.7 Å². The van der Waals surface area contributed by atoms with Gasteiger partial charge in [0.2, 0.25) is 0 Å². The van der Waals surface area contributed by atoms with Crippen LogP contribution in [0.3, 0.4) is 0 Å². The number of aliphatic carboxylic acids is 1. The SMILES string of the molecule is O=C(NC(C(=O)O)c1c[nH]c2ccccc12)OCC1c2ccccc2-c2ccccc21. The molecule has 0 saturated heterocycles. The average Bonchev–Trinajstić information content (AvgIpc) is 3.35.